The first-order chi connectivity index (χ1) is 3.93. The standard InChI is InChI=1S/C7H11Te/c1-2-5-8-6-3-4-7-8/h3-4,6-7H,2,5H2,1H3. The molecule has 0 aliphatic carbocycles. The zero-order valence-corrected chi connectivity index (χ0v) is 7.46. The molecule has 0 bridgehead atoms. The molecule has 1 rings (SSSR count). The van der Waals surface area contributed by atoms with Crippen molar-refractivity contribution in [2.45, 2.75) is 17.8 Å². The monoisotopic (exact) mass is 225 g/mol. The molecule has 0 amide bonds. The molecular formula is C7H11Te. The second-order valence-corrected chi connectivity index (χ2v) is 7.23. The Kier molecular flexibility index (Phi) is 2.66. The molecule has 0 unspecified atom stereocenters. The van der Waals surface area contributed by atoms with Gasteiger partial charge in [-0.3, -0.25) is 0 Å². The maximum atomic E-state index is 2.42. The number of rotatable bonds is 2. The van der Waals surface area contributed by atoms with E-state index in [0.29, 0.717) is 0 Å². The van der Waals surface area contributed by atoms with Gasteiger partial charge in [0.15, 0.2) is 0 Å². The third-order valence-corrected chi connectivity index (χ3v) is 6.46. The van der Waals surface area contributed by atoms with Gasteiger partial charge in [-0.2, -0.15) is 0 Å². The summed E-state index contributed by atoms with van der Waals surface area (Å²) in [6.07, 6.45) is 5.77. The van der Waals surface area contributed by atoms with E-state index in [1.807, 2.05) is 0 Å². The summed E-state index contributed by atoms with van der Waals surface area (Å²) >= 11 is -0.709. The third-order valence-electron chi connectivity index (χ3n) is 1.06. The maximum absolute atomic E-state index is 2.42. The van der Waals surface area contributed by atoms with Crippen molar-refractivity contribution in [2.24, 2.45) is 0 Å². The number of allylic oxidation sites excluding steroid dienone is 2. The van der Waals surface area contributed by atoms with Gasteiger partial charge in [-0.05, 0) is 0 Å². The van der Waals surface area contributed by atoms with Crippen LogP contribution in [0, 0.1) is 0 Å². The van der Waals surface area contributed by atoms with Crippen molar-refractivity contribution < 1.29 is 0 Å². The van der Waals surface area contributed by atoms with Crippen LogP contribution in [-0.4, -0.2) is 19.6 Å². The molecule has 1 heteroatoms. The first-order valence-corrected chi connectivity index (χ1v) is 7.31. The fraction of sp³-hybridized carbons (Fsp3) is 0.429. The Hall–Kier alpha value is 0.270. The normalized spacial score (nSPS) is 18.1. The minimum absolute atomic E-state index is 0.709. The van der Waals surface area contributed by atoms with Gasteiger partial charge in [0.2, 0.25) is 0 Å². The first kappa shape index (κ1) is 6.39. The summed E-state index contributed by atoms with van der Waals surface area (Å²) in [6.45, 7) is 2.26. The van der Waals surface area contributed by atoms with Crippen molar-refractivity contribution in [3.63, 3.8) is 0 Å². The van der Waals surface area contributed by atoms with E-state index in [4.69, 9.17) is 0 Å². The molecule has 1 heterocycles. The van der Waals surface area contributed by atoms with Gasteiger partial charge in [0.1, 0.15) is 0 Å². The summed E-state index contributed by atoms with van der Waals surface area (Å²) in [5, 5.41) is 0. The zero-order valence-electron chi connectivity index (χ0n) is 5.13. The van der Waals surface area contributed by atoms with Crippen molar-refractivity contribution in [3.05, 3.63) is 20.4 Å². The molecule has 1 radical (unpaired) electrons. The summed E-state index contributed by atoms with van der Waals surface area (Å²) in [5.74, 6) is 0. The molecule has 0 aromatic rings. The van der Waals surface area contributed by atoms with E-state index in [0.717, 1.165) is 0 Å². The van der Waals surface area contributed by atoms with Gasteiger partial charge in [0.05, 0.1) is 0 Å². The topological polar surface area (TPSA) is 0 Å². The summed E-state index contributed by atoms with van der Waals surface area (Å²) in [7, 11) is 0. The summed E-state index contributed by atoms with van der Waals surface area (Å²) in [4.78, 5) is 0. The van der Waals surface area contributed by atoms with Crippen molar-refractivity contribution in [1.82, 2.24) is 0 Å². The van der Waals surface area contributed by atoms with Gasteiger partial charge >= 0.3 is 57.8 Å². The second-order valence-electron chi connectivity index (χ2n) is 1.83. The van der Waals surface area contributed by atoms with Crippen LogP contribution in [0.15, 0.2) is 20.4 Å². The molecule has 1 aliphatic rings. The van der Waals surface area contributed by atoms with Crippen LogP contribution < -0.4 is 0 Å². The third kappa shape index (κ3) is 1.65. The molecule has 0 aromatic heterocycles. The van der Waals surface area contributed by atoms with Gasteiger partial charge in [-0.15, -0.1) is 0 Å². The quantitative estimate of drug-likeness (QED) is 0.628. The van der Waals surface area contributed by atoms with Gasteiger partial charge in [-0.1, -0.05) is 0 Å². The van der Waals surface area contributed by atoms with Crippen molar-refractivity contribution in [3.8, 4) is 0 Å². The summed E-state index contributed by atoms with van der Waals surface area (Å²) < 4.78 is 6.33. The van der Waals surface area contributed by atoms with Crippen molar-refractivity contribution in [2.75, 3.05) is 0 Å². The van der Waals surface area contributed by atoms with Crippen LogP contribution in [0.3, 0.4) is 0 Å². The van der Waals surface area contributed by atoms with Crippen LogP contribution in [0.4, 0.5) is 0 Å². The number of hydrogen-bond acceptors (Lipinski definition) is 0. The summed E-state index contributed by atoms with van der Waals surface area (Å²) in [6, 6.07) is 0. The molecule has 0 N–H and O–H groups in total. The van der Waals surface area contributed by atoms with Gasteiger partial charge in [0.25, 0.3) is 0 Å². The Bertz CT molecular complexity index is 102. The van der Waals surface area contributed by atoms with Crippen LogP contribution in [0.5, 0.6) is 0 Å². The van der Waals surface area contributed by atoms with Crippen LogP contribution in [0.2, 0.25) is 4.47 Å². The Morgan fingerprint density at radius 1 is 1.25 bits per heavy atom. The van der Waals surface area contributed by atoms with Crippen molar-refractivity contribution in [1.29, 1.82) is 0 Å². The van der Waals surface area contributed by atoms with E-state index >= 15 is 0 Å². The molecule has 0 saturated carbocycles. The fourth-order valence-electron chi connectivity index (χ4n) is 0.710. The molecule has 0 spiro atoms. The average Bonchev–Trinajstić information content (AvgIpc) is 2.19. The fourth-order valence-corrected chi connectivity index (χ4v) is 4.76. The minimum atomic E-state index is -0.709. The predicted octanol–water partition coefficient (Wildman–Crippen LogP) is 2.10. The first-order valence-electron chi connectivity index (χ1n) is 2.97. The predicted molar refractivity (Wildman–Crippen MR) is 39.1 cm³/mol. The molecule has 0 atom stereocenters. The van der Waals surface area contributed by atoms with Gasteiger partial charge < -0.3 is 0 Å². The molecule has 0 aromatic carbocycles. The van der Waals surface area contributed by atoms with E-state index in [1.54, 1.807) is 0 Å². The van der Waals surface area contributed by atoms with Crippen LogP contribution in [0.1, 0.15) is 13.3 Å². The van der Waals surface area contributed by atoms with Crippen LogP contribution in [-0.2, 0) is 0 Å². The van der Waals surface area contributed by atoms with Gasteiger partial charge in [0, 0.05) is 0 Å². The molecule has 1 aliphatic heterocycles. The zero-order chi connectivity index (χ0) is 5.82. The van der Waals surface area contributed by atoms with Crippen LogP contribution >= 0.6 is 0 Å². The molecule has 0 saturated heterocycles. The molecule has 0 nitrogen and oxygen atoms in total. The van der Waals surface area contributed by atoms with E-state index in [2.05, 4.69) is 27.3 Å². The number of hydrogen-bond donors (Lipinski definition) is 0. The Morgan fingerprint density at radius 3 is 2.38 bits per heavy atom. The Balaban J connectivity index is 2.27. The SMILES string of the molecule is CCC[Te]1C=CC=C1. The van der Waals surface area contributed by atoms with E-state index in [1.165, 1.54) is 10.9 Å². The van der Waals surface area contributed by atoms with Crippen molar-refractivity contribution >= 4 is 19.6 Å². The van der Waals surface area contributed by atoms with E-state index in [-0.39, 0.29) is 0 Å². The molecule has 45 valence electrons. The van der Waals surface area contributed by atoms with E-state index in [9.17, 15) is 0 Å². The Morgan fingerprint density at radius 2 is 1.88 bits per heavy atom. The summed E-state index contributed by atoms with van der Waals surface area (Å²) in [5.41, 5.74) is 0. The average molecular weight is 223 g/mol. The molecular weight excluding hydrogens is 212 g/mol. The second kappa shape index (κ2) is 3.33. The Labute approximate surface area is 57.9 Å². The van der Waals surface area contributed by atoms with E-state index < -0.39 is 19.6 Å². The van der Waals surface area contributed by atoms with Gasteiger partial charge in [-0.25, -0.2) is 0 Å². The van der Waals surface area contributed by atoms with Crippen LogP contribution in [0.25, 0.3) is 0 Å². The molecule has 0 fully saturated rings. The molecule has 8 heavy (non-hydrogen) atoms.